The second-order valence-corrected chi connectivity index (χ2v) is 3.20. The highest BCUT2D eigenvalue weighted by Gasteiger charge is 2.20. The fraction of sp³-hybridized carbons (Fsp3) is 0.750. The van der Waals surface area contributed by atoms with E-state index in [1.165, 1.54) is 0 Å². The molecular formula is C8H12N6O4. The third-order valence-electron chi connectivity index (χ3n) is 2.04. The van der Waals surface area contributed by atoms with Crippen molar-refractivity contribution in [2.24, 2.45) is 0 Å². The quantitative estimate of drug-likeness (QED) is 0.408. The zero-order valence-corrected chi connectivity index (χ0v) is 9.56. The lowest BCUT2D eigenvalue weighted by Crippen LogP contribution is -2.41. The summed E-state index contributed by atoms with van der Waals surface area (Å²) in [6.45, 7) is -0.539. The molecule has 0 aromatic carbocycles. The maximum Gasteiger partial charge on any atom is 0.160 e. The van der Waals surface area contributed by atoms with Crippen LogP contribution in [-0.4, -0.2) is 46.3 Å². The monoisotopic (exact) mass is 256 g/mol. The predicted octanol–water partition coefficient (Wildman–Crippen LogP) is -0.199. The van der Waals surface area contributed by atoms with E-state index >= 15 is 0 Å². The second-order valence-electron chi connectivity index (χ2n) is 3.20. The smallest absolute Gasteiger partial charge is 0.160 e. The maximum atomic E-state index is 10.6. The zero-order chi connectivity index (χ0) is 14.0. The Hall–Kier alpha value is -2.62. The summed E-state index contributed by atoms with van der Waals surface area (Å²) in [5.41, 5.74) is 0. The molecule has 10 heteroatoms. The van der Waals surface area contributed by atoms with Gasteiger partial charge in [-0.3, -0.25) is 0 Å². The normalized spacial score (nSPS) is 9.00. The topological polar surface area (TPSA) is 140 Å². The summed E-state index contributed by atoms with van der Waals surface area (Å²) in [6.07, 6.45) is -0.0602. The summed E-state index contributed by atoms with van der Waals surface area (Å²) in [6, 6.07) is 3.52. The third-order valence-corrected chi connectivity index (χ3v) is 2.04. The summed E-state index contributed by atoms with van der Waals surface area (Å²) < 4.78 is 0. The van der Waals surface area contributed by atoms with E-state index in [4.69, 9.17) is 10.5 Å². The fourth-order valence-corrected chi connectivity index (χ4v) is 1.14. The molecule has 0 aliphatic heterocycles. The Morgan fingerprint density at radius 3 is 1.39 bits per heavy atom. The molecule has 0 aromatic rings. The first kappa shape index (κ1) is 15.4. The lowest BCUT2D eigenvalue weighted by molar-refractivity contribution is -0.673. The molecule has 0 fully saturated rings. The number of rotatable bonds is 9. The van der Waals surface area contributed by atoms with Gasteiger partial charge < -0.3 is 0 Å². The van der Waals surface area contributed by atoms with Crippen LogP contribution < -0.4 is 0 Å². The molecule has 0 saturated carbocycles. The first-order valence-corrected chi connectivity index (χ1v) is 5.05. The van der Waals surface area contributed by atoms with Crippen LogP contribution >= 0.6 is 0 Å². The Morgan fingerprint density at radius 2 is 1.17 bits per heavy atom. The van der Waals surface area contributed by atoms with Gasteiger partial charge >= 0.3 is 0 Å². The standard InChI is InChI=1S/C8H12N6O4/c9-3-1-5-11(13(15)16)7-8-12(14(17)18)6-2-4-10/h1-2,5-8H2. The van der Waals surface area contributed by atoms with Gasteiger partial charge in [-0.1, -0.05) is 0 Å². The SMILES string of the molecule is N#CCCN(CCN(CCC#N)[N+](=O)[O-])[N+](=O)[O-]. The number of hydrogen-bond donors (Lipinski definition) is 0. The first-order chi connectivity index (χ1) is 8.52. The minimum absolute atomic E-state index is 0.0301. The average molecular weight is 256 g/mol. The molecule has 0 atom stereocenters. The number of nitro groups is 2. The Bertz CT molecular complexity index is 337. The number of nitriles is 2. The molecule has 0 spiro atoms. The Kier molecular flexibility index (Phi) is 7.28. The van der Waals surface area contributed by atoms with Gasteiger partial charge in [0, 0.05) is 0 Å². The average Bonchev–Trinajstić information content (AvgIpc) is 2.31. The summed E-state index contributed by atoms with van der Waals surface area (Å²) in [7, 11) is 0. The lowest BCUT2D eigenvalue weighted by Gasteiger charge is -2.16. The van der Waals surface area contributed by atoms with Crippen LogP contribution in [0.4, 0.5) is 0 Å². The molecule has 0 aromatic heterocycles. The Balaban J connectivity index is 4.29. The van der Waals surface area contributed by atoms with Crippen LogP contribution in [0.1, 0.15) is 12.8 Å². The molecule has 18 heavy (non-hydrogen) atoms. The largest absolute Gasteiger partial charge is 0.235 e. The van der Waals surface area contributed by atoms with Gasteiger partial charge in [-0.25, -0.2) is 20.2 Å². The van der Waals surface area contributed by atoms with Gasteiger partial charge in [-0.15, -0.1) is 10.0 Å². The van der Waals surface area contributed by atoms with Crippen LogP contribution in [0.3, 0.4) is 0 Å². The van der Waals surface area contributed by atoms with Crippen LogP contribution in [-0.2, 0) is 0 Å². The molecule has 0 amide bonds. The van der Waals surface area contributed by atoms with Crippen molar-refractivity contribution in [1.29, 1.82) is 10.5 Å². The minimum Gasteiger partial charge on any atom is -0.235 e. The van der Waals surface area contributed by atoms with Gasteiger partial charge in [0.25, 0.3) is 0 Å². The van der Waals surface area contributed by atoms with E-state index in [1.54, 1.807) is 12.1 Å². The maximum absolute atomic E-state index is 10.6. The Labute approximate surface area is 103 Å². The van der Waals surface area contributed by atoms with Crippen molar-refractivity contribution in [2.75, 3.05) is 26.2 Å². The summed E-state index contributed by atoms with van der Waals surface area (Å²) in [5, 5.41) is 37.9. The van der Waals surface area contributed by atoms with Gasteiger partial charge in [0.1, 0.15) is 13.1 Å². The highest BCUT2D eigenvalue weighted by atomic mass is 16.7. The van der Waals surface area contributed by atoms with Crippen molar-refractivity contribution in [2.45, 2.75) is 12.8 Å². The number of hydrogen-bond acceptors (Lipinski definition) is 6. The lowest BCUT2D eigenvalue weighted by atomic mass is 10.4. The van der Waals surface area contributed by atoms with Crippen molar-refractivity contribution >= 4 is 0 Å². The van der Waals surface area contributed by atoms with E-state index in [1.807, 2.05) is 0 Å². The van der Waals surface area contributed by atoms with Gasteiger partial charge in [0.15, 0.2) is 10.1 Å². The van der Waals surface area contributed by atoms with Crippen LogP contribution in [0.25, 0.3) is 0 Å². The summed E-state index contributed by atoms with van der Waals surface area (Å²) in [4.78, 5) is 21.2. The predicted molar refractivity (Wildman–Crippen MR) is 57.6 cm³/mol. The van der Waals surface area contributed by atoms with E-state index in [0.717, 1.165) is 10.0 Å². The molecule has 0 bridgehead atoms. The molecule has 10 nitrogen and oxygen atoms in total. The van der Waals surface area contributed by atoms with E-state index < -0.39 is 10.1 Å². The van der Waals surface area contributed by atoms with Crippen molar-refractivity contribution in [1.82, 2.24) is 10.0 Å². The van der Waals surface area contributed by atoms with Gasteiger partial charge in [-0.05, 0) is 0 Å². The van der Waals surface area contributed by atoms with Crippen molar-refractivity contribution in [3.05, 3.63) is 20.2 Å². The number of hydrazine groups is 2. The molecule has 0 radical (unpaired) electrons. The van der Waals surface area contributed by atoms with E-state index in [9.17, 15) is 20.2 Å². The zero-order valence-electron chi connectivity index (χ0n) is 9.56. The molecule has 0 N–H and O–H groups in total. The molecule has 0 aliphatic rings. The third kappa shape index (κ3) is 6.07. The van der Waals surface area contributed by atoms with Crippen molar-refractivity contribution < 1.29 is 10.1 Å². The molecule has 0 saturated heterocycles. The van der Waals surface area contributed by atoms with E-state index in [-0.39, 0.29) is 39.0 Å². The number of nitrogens with zero attached hydrogens (tertiary/aromatic N) is 6. The molecule has 0 unspecified atom stereocenters. The second kappa shape index (κ2) is 8.52. The van der Waals surface area contributed by atoms with Crippen LogP contribution in [0, 0.1) is 42.9 Å². The van der Waals surface area contributed by atoms with E-state index in [0.29, 0.717) is 0 Å². The molecule has 0 rings (SSSR count). The molecule has 98 valence electrons. The Morgan fingerprint density at radius 1 is 0.833 bits per heavy atom. The van der Waals surface area contributed by atoms with Gasteiger partial charge in [0.05, 0.1) is 38.1 Å². The van der Waals surface area contributed by atoms with Crippen molar-refractivity contribution in [3.63, 3.8) is 0 Å². The summed E-state index contributed by atoms with van der Waals surface area (Å²) >= 11 is 0. The fourth-order valence-electron chi connectivity index (χ4n) is 1.14. The van der Waals surface area contributed by atoms with Crippen LogP contribution in [0.2, 0.25) is 0 Å². The highest BCUT2D eigenvalue weighted by molar-refractivity contribution is 4.71. The van der Waals surface area contributed by atoms with Gasteiger partial charge in [0.2, 0.25) is 0 Å². The minimum atomic E-state index is -0.695. The van der Waals surface area contributed by atoms with Crippen LogP contribution in [0.15, 0.2) is 0 Å². The van der Waals surface area contributed by atoms with E-state index in [2.05, 4.69) is 0 Å². The molecule has 0 heterocycles. The van der Waals surface area contributed by atoms with Crippen molar-refractivity contribution in [3.8, 4) is 12.1 Å². The summed E-state index contributed by atoms with van der Waals surface area (Å²) in [5.74, 6) is 0. The van der Waals surface area contributed by atoms with Crippen LogP contribution in [0.5, 0.6) is 0 Å². The molecule has 0 aliphatic carbocycles. The van der Waals surface area contributed by atoms with Gasteiger partial charge in [-0.2, -0.15) is 10.5 Å². The highest BCUT2D eigenvalue weighted by Crippen LogP contribution is 1.96. The first-order valence-electron chi connectivity index (χ1n) is 5.05. The molecular weight excluding hydrogens is 244 g/mol.